The van der Waals surface area contributed by atoms with E-state index in [0.717, 1.165) is 23.4 Å². The molecule has 0 aliphatic carbocycles. The summed E-state index contributed by atoms with van der Waals surface area (Å²) in [6.45, 7) is 4.17. The van der Waals surface area contributed by atoms with Crippen LogP contribution in [0.15, 0.2) is 48.5 Å². The van der Waals surface area contributed by atoms with E-state index in [1.54, 1.807) is 21.9 Å². The molecule has 0 bridgehead atoms. The number of hydrogen-bond acceptors (Lipinski definition) is 3. The number of anilines is 2. The van der Waals surface area contributed by atoms with Crippen molar-refractivity contribution in [2.75, 3.05) is 36.0 Å². The van der Waals surface area contributed by atoms with Gasteiger partial charge in [0, 0.05) is 43.6 Å². The third-order valence-corrected chi connectivity index (χ3v) is 5.37. The standard InChI is InChI=1S/C21H22FN3O2/c1-15-14-16-4-2-3-5-19(16)25(15)21(27)20(26)24-12-10-23(11-13-24)18-8-6-17(22)7-9-18/h2-9,15H,10-14H2,1H3. The first-order chi connectivity index (χ1) is 13.0. The van der Waals surface area contributed by atoms with Crippen LogP contribution in [-0.4, -0.2) is 48.9 Å². The van der Waals surface area contributed by atoms with Crippen LogP contribution in [0.5, 0.6) is 0 Å². The second kappa shape index (κ2) is 7.02. The molecule has 6 heteroatoms. The van der Waals surface area contributed by atoms with Crippen molar-refractivity contribution in [1.29, 1.82) is 0 Å². The van der Waals surface area contributed by atoms with Crippen LogP contribution in [0.4, 0.5) is 15.8 Å². The quantitative estimate of drug-likeness (QED) is 0.728. The highest BCUT2D eigenvalue weighted by Gasteiger charge is 2.36. The van der Waals surface area contributed by atoms with Gasteiger partial charge in [-0.1, -0.05) is 18.2 Å². The molecule has 1 unspecified atom stereocenters. The van der Waals surface area contributed by atoms with Crippen molar-refractivity contribution in [1.82, 2.24) is 4.90 Å². The smallest absolute Gasteiger partial charge is 0.316 e. The maximum Gasteiger partial charge on any atom is 0.316 e. The highest BCUT2D eigenvalue weighted by Crippen LogP contribution is 2.32. The highest BCUT2D eigenvalue weighted by atomic mass is 19.1. The Labute approximate surface area is 158 Å². The molecule has 27 heavy (non-hydrogen) atoms. The van der Waals surface area contributed by atoms with Crippen LogP contribution in [-0.2, 0) is 16.0 Å². The zero-order valence-electron chi connectivity index (χ0n) is 15.3. The van der Waals surface area contributed by atoms with Gasteiger partial charge in [-0.15, -0.1) is 0 Å². The van der Waals surface area contributed by atoms with Gasteiger partial charge in [0.05, 0.1) is 0 Å². The summed E-state index contributed by atoms with van der Waals surface area (Å²) in [5.74, 6) is -1.17. The van der Waals surface area contributed by atoms with Crippen molar-refractivity contribution in [2.24, 2.45) is 0 Å². The van der Waals surface area contributed by atoms with Gasteiger partial charge in [-0.2, -0.15) is 0 Å². The van der Waals surface area contributed by atoms with E-state index in [-0.39, 0.29) is 11.9 Å². The molecule has 5 nitrogen and oxygen atoms in total. The van der Waals surface area contributed by atoms with Gasteiger partial charge in [-0.25, -0.2) is 4.39 Å². The van der Waals surface area contributed by atoms with Crippen molar-refractivity contribution < 1.29 is 14.0 Å². The van der Waals surface area contributed by atoms with E-state index in [2.05, 4.69) is 4.90 Å². The number of hydrogen-bond donors (Lipinski definition) is 0. The Morgan fingerprint density at radius 3 is 2.30 bits per heavy atom. The van der Waals surface area contributed by atoms with Crippen LogP contribution < -0.4 is 9.80 Å². The van der Waals surface area contributed by atoms with E-state index < -0.39 is 11.8 Å². The van der Waals surface area contributed by atoms with Gasteiger partial charge in [-0.05, 0) is 49.2 Å². The largest absolute Gasteiger partial charge is 0.368 e. The van der Waals surface area contributed by atoms with E-state index in [1.807, 2.05) is 31.2 Å². The number of fused-ring (bicyclic) bond motifs is 1. The van der Waals surface area contributed by atoms with E-state index in [4.69, 9.17) is 0 Å². The predicted molar refractivity (Wildman–Crippen MR) is 102 cm³/mol. The molecule has 2 heterocycles. The Hall–Kier alpha value is -2.89. The maximum atomic E-state index is 13.1. The molecule has 2 amide bonds. The third kappa shape index (κ3) is 3.27. The SMILES string of the molecule is CC1Cc2ccccc2N1C(=O)C(=O)N1CCN(c2ccc(F)cc2)CC1. The van der Waals surface area contributed by atoms with Gasteiger partial charge in [0.15, 0.2) is 0 Å². The molecule has 2 aromatic carbocycles. The lowest BCUT2D eigenvalue weighted by molar-refractivity contribution is -0.144. The van der Waals surface area contributed by atoms with Crippen molar-refractivity contribution in [3.63, 3.8) is 0 Å². The molecule has 1 fully saturated rings. The van der Waals surface area contributed by atoms with Crippen LogP contribution in [0, 0.1) is 5.82 Å². The van der Waals surface area contributed by atoms with Gasteiger partial charge in [0.25, 0.3) is 0 Å². The minimum absolute atomic E-state index is 0.0145. The third-order valence-electron chi connectivity index (χ3n) is 5.37. The van der Waals surface area contributed by atoms with Crippen molar-refractivity contribution in [3.05, 3.63) is 59.9 Å². The molecular formula is C21H22FN3O2. The van der Waals surface area contributed by atoms with Crippen LogP contribution in [0.2, 0.25) is 0 Å². The van der Waals surface area contributed by atoms with Gasteiger partial charge >= 0.3 is 11.8 Å². The molecule has 0 N–H and O–H groups in total. The Morgan fingerprint density at radius 1 is 0.926 bits per heavy atom. The number of amides is 2. The zero-order valence-corrected chi connectivity index (χ0v) is 15.3. The molecule has 0 aromatic heterocycles. The topological polar surface area (TPSA) is 43.9 Å². The molecule has 0 spiro atoms. The summed E-state index contributed by atoms with van der Waals surface area (Å²) < 4.78 is 13.1. The molecule has 140 valence electrons. The lowest BCUT2D eigenvalue weighted by Crippen LogP contribution is -2.54. The predicted octanol–water partition coefficient (Wildman–Crippen LogP) is 2.45. The number of nitrogens with zero attached hydrogens (tertiary/aromatic N) is 3. The number of para-hydroxylation sites is 1. The summed E-state index contributed by atoms with van der Waals surface area (Å²) in [5, 5.41) is 0. The van der Waals surface area contributed by atoms with Crippen LogP contribution in [0.3, 0.4) is 0 Å². The number of carbonyl (C=O) groups is 2. The number of halogens is 1. The second-order valence-corrected chi connectivity index (χ2v) is 7.11. The Morgan fingerprint density at radius 2 is 1.59 bits per heavy atom. The molecule has 4 rings (SSSR count). The number of rotatable bonds is 1. The number of benzene rings is 2. The zero-order chi connectivity index (χ0) is 19.0. The van der Waals surface area contributed by atoms with Gasteiger partial charge < -0.3 is 14.7 Å². The van der Waals surface area contributed by atoms with Crippen LogP contribution in [0.25, 0.3) is 0 Å². The molecule has 0 saturated carbocycles. The summed E-state index contributed by atoms with van der Waals surface area (Å²) in [4.78, 5) is 31.0. The number of piperazine rings is 1. The first-order valence-corrected chi connectivity index (χ1v) is 9.25. The summed E-state index contributed by atoms with van der Waals surface area (Å²) in [7, 11) is 0. The molecule has 1 atom stereocenters. The molecule has 2 aliphatic heterocycles. The van der Waals surface area contributed by atoms with Gasteiger partial charge in [-0.3, -0.25) is 9.59 Å². The van der Waals surface area contributed by atoms with Gasteiger partial charge in [0.2, 0.25) is 0 Å². The minimum atomic E-state index is -0.456. The highest BCUT2D eigenvalue weighted by molar-refractivity contribution is 6.40. The van der Waals surface area contributed by atoms with Crippen LogP contribution >= 0.6 is 0 Å². The first kappa shape index (κ1) is 17.5. The van der Waals surface area contributed by atoms with Crippen molar-refractivity contribution in [3.8, 4) is 0 Å². The molecule has 1 saturated heterocycles. The maximum absolute atomic E-state index is 13.1. The summed E-state index contributed by atoms with van der Waals surface area (Å²) in [6, 6.07) is 14.1. The summed E-state index contributed by atoms with van der Waals surface area (Å²) in [6.07, 6.45) is 0.771. The van der Waals surface area contributed by atoms with E-state index in [1.165, 1.54) is 12.1 Å². The Kier molecular flexibility index (Phi) is 4.56. The lowest BCUT2D eigenvalue weighted by Gasteiger charge is -2.36. The summed E-state index contributed by atoms with van der Waals surface area (Å²) >= 11 is 0. The normalized spacial score (nSPS) is 19.2. The molecule has 2 aliphatic rings. The molecular weight excluding hydrogens is 345 g/mol. The van der Waals surface area contributed by atoms with Gasteiger partial charge in [0.1, 0.15) is 5.82 Å². The average molecular weight is 367 g/mol. The van der Waals surface area contributed by atoms with E-state index in [0.29, 0.717) is 26.2 Å². The fraction of sp³-hybridized carbons (Fsp3) is 0.333. The number of carbonyl (C=O) groups excluding carboxylic acids is 2. The summed E-state index contributed by atoms with van der Waals surface area (Å²) in [5.41, 5.74) is 2.87. The monoisotopic (exact) mass is 367 g/mol. The van der Waals surface area contributed by atoms with E-state index in [9.17, 15) is 14.0 Å². The second-order valence-electron chi connectivity index (χ2n) is 7.11. The van der Waals surface area contributed by atoms with Crippen molar-refractivity contribution in [2.45, 2.75) is 19.4 Å². The lowest BCUT2D eigenvalue weighted by atomic mass is 10.1. The van der Waals surface area contributed by atoms with E-state index >= 15 is 0 Å². The Balaban J connectivity index is 1.42. The Bertz CT molecular complexity index is 860. The average Bonchev–Trinajstić information content (AvgIpc) is 3.03. The molecule has 2 aromatic rings. The minimum Gasteiger partial charge on any atom is -0.368 e. The van der Waals surface area contributed by atoms with Crippen LogP contribution in [0.1, 0.15) is 12.5 Å². The first-order valence-electron chi connectivity index (χ1n) is 9.25. The fourth-order valence-electron chi connectivity index (χ4n) is 3.93. The van der Waals surface area contributed by atoms with Crippen molar-refractivity contribution >= 4 is 23.2 Å². The fourth-order valence-corrected chi connectivity index (χ4v) is 3.93. The molecule has 0 radical (unpaired) electrons.